The number of hydrogen-bond acceptors (Lipinski definition) is 7. The van der Waals surface area contributed by atoms with Gasteiger partial charge in [-0.15, -0.1) is 0 Å². The lowest BCUT2D eigenvalue weighted by Crippen LogP contribution is -2.55. The van der Waals surface area contributed by atoms with Crippen molar-refractivity contribution in [2.24, 2.45) is 0 Å². The minimum absolute atomic E-state index is 0.259. The zero-order valence-corrected chi connectivity index (χ0v) is 15.3. The molecule has 0 bridgehead atoms. The molecule has 2 aromatic rings. The van der Waals surface area contributed by atoms with E-state index in [2.05, 4.69) is 15.6 Å². The van der Waals surface area contributed by atoms with Crippen LogP contribution in [0.15, 0.2) is 22.6 Å². The molecule has 1 saturated heterocycles. The number of nitrogens with one attached hydrogen (secondary N) is 2. The number of amides is 1. The highest BCUT2D eigenvalue weighted by molar-refractivity contribution is 7.92. The summed E-state index contributed by atoms with van der Waals surface area (Å²) in [5, 5.41) is 5.84. The predicted molar refractivity (Wildman–Crippen MR) is 96.6 cm³/mol. The summed E-state index contributed by atoms with van der Waals surface area (Å²) in [6.07, 6.45) is 1.64. The molecule has 2 N–H and O–H groups in total. The maximum absolute atomic E-state index is 12.8. The maximum Gasteiger partial charge on any atom is 0.297 e. The van der Waals surface area contributed by atoms with Gasteiger partial charge in [-0.2, -0.15) is 4.98 Å². The van der Waals surface area contributed by atoms with Gasteiger partial charge in [-0.3, -0.25) is 4.79 Å². The van der Waals surface area contributed by atoms with E-state index in [0.29, 0.717) is 35.9 Å². The molecule has 1 aromatic carbocycles. The number of rotatable bonds is 4. The molecule has 1 aliphatic rings. The van der Waals surface area contributed by atoms with Crippen molar-refractivity contribution in [2.45, 2.75) is 17.6 Å². The van der Waals surface area contributed by atoms with Crippen molar-refractivity contribution in [3.8, 4) is 0 Å². The molecule has 25 heavy (non-hydrogen) atoms. The highest BCUT2D eigenvalue weighted by Gasteiger charge is 2.48. The van der Waals surface area contributed by atoms with E-state index < -0.39 is 20.5 Å². The highest BCUT2D eigenvalue weighted by atomic mass is 32.2. The Hall–Kier alpha value is -2.13. The van der Waals surface area contributed by atoms with Crippen molar-refractivity contribution in [1.29, 1.82) is 0 Å². The Morgan fingerprint density at radius 1 is 1.32 bits per heavy atom. The van der Waals surface area contributed by atoms with Crippen molar-refractivity contribution in [2.75, 3.05) is 43.7 Å². The maximum atomic E-state index is 12.8. The van der Waals surface area contributed by atoms with Gasteiger partial charge < -0.3 is 20.0 Å². The van der Waals surface area contributed by atoms with Gasteiger partial charge >= 0.3 is 0 Å². The molecule has 0 spiro atoms. The van der Waals surface area contributed by atoms with Crippen molar-refractivity contribution in [1.82, 2.24) is 10.3 Å². The molecule has 1 fully saturated rings. The standard InChI is InChI=1S/C16H22N4O4S/c1-20(2)15-19-12-10-11(4-5-13(12)24-15)18-14(21)16(25(3,22)23)6-8-17-9-7-16/h4-5,10,17H,6-9H2,1-3H3,(H,18,21). The minimum atomic E-state index is -3.55. The fraction of sp³-hybridized carbons (Fsp3) is 0.500. The largest absolute Gasteiger partial charge is 0.423 e. The van der Waals surface area contributed by atoms with E-state index in [1.54, 1.807) is 23.1 Å². The number of nitrogens with zero attached hydrogens (tertiary/aromatic N) is 2. The van der Waals surface area contributed by atoms with Crippen LogP contribution in [0.3, 0.4) is 0 Å². The van der Waals surface area contributed by atoms with E-state index in [-0.39, 0.29) is 12.8 Å². The molecule has 2 heterocycles. The minimum Gasteiger partial charge on any atom is -0.423 e. The third-order valence-corrected chi connectivity index (χ3v) is 6.56. The summed E-state index contributed by atoms with van der Waals surface area (Å²) in [6, 6.07) is 5.54. The van der Waals surface area contributed by atoms with Crippen LogP contribution in [0, 0.1) is 0 Å². The number of anilines is 2. The molecule has 8 nitrogen and oxygen atoms in total. The molecule has 0 unspecified atom stereocenters. The van der Waals surface area contributed by atoms with E-state index in [9.17, 15) is 13.2 Å². The van der Waals surface area contributed by atoms with Crippen molar-refractivity contribution < 1.29 is 17.6 Å². The van der Waals surface area contributed by atoms with E-state index in [4.69, 9.17) is 4.42 Å². The fourth-order valence-corrected chi connectivity index (χ4v) is 4.36. The van der Waals surface area contributed by atoms with Crippen LogP contribution < -0.4 is 15.5 Å². The average Bonchev–Trinajstić information content (AvgIpc) is 2.98. The fourth-order valence-electron chi connectivity index (χ4n) is 3.03. The second-order valence-corrected chi connectivity index (χ2v) is 8.87. The van der Waals surface area contributed by atoms with Crippen LogP contribution in [-0.4, -0.2) is 57.5 Å². The third-order valence-electron chi connectivity index (χ3n) is 4.55. The van der Waals surface area contributed by atoms with Gasteiger partial charge in [-0.1, -0.05) is 0 Å². The van der Waals surface area contributed by atoms with E-state index in [0.717, 1.165) is 6.26 Å². The lowest BCUT2D eigenvalue weighted by Gasteiger charge is -2.34. The van der Waals surface area contributed by atoms with Crippen molar-refractivity contribution in [3.63, 3.8) is 0 Å². The number of aromatic nitrogens is 1. The van der Waals surface area contributed by atoms with Gasteiger partial charge in [0.25, 0.3) is 6.01 Å². The number of oxazole rings is 1. The predicted octanol–water partition coefficient (Wildman–Crippen LogP) is 0.999. The Bertz CT molecular complexity index is 898. The Labute approximate surface area is 146 Å². The Balaban J connectivity index is 1.90. The van der Waals surface area contributed by atoms with Crippen molar-refractivity contribution >= 4 is 38.5 Å². The second kappa shape index (κ2) is 6.30. The average molecular weight is 366 g/mol. The molecule has 1 aliphatic heterocycles. The summed E-state index contributed by atoms with van der Waals surface area (Å²) in [6.45, 7) is 0.990. The molecule has 3 rings (SSSR count). The number of fused-ring (bicyclic) bond motifs is 1. The van der Waals surface area contributed by atoms with E-state index in [1.807, 2.05) is 14.1 Å². The quantitative estimate of drug-likeness (QED) is 0.832. The first-order valence-electron chi connectivity index (χ1n) is 8.03. The summed E-state index contributed by atoms with van der Waals surface area (Å²) >= 11 is 0. The first-order valence-corrected chi connectivity index (χ1v) is 9.92. The van der Waals surface area contributed by atoms with Gasteiger partial charge in [0, 0.05) is 26.0 Å². The van der Waals surface area contributed by atoms with E-state index >= 15 is 0 Å². The van der Waals surface area contributed by atoms with Crippen LogP contribution in [0.5, 0.6) is 0 Å². The van der Waals surface area contributed by atoms with E-state index in [1.165, 1.54) is 0 Å². The molecule has 9 heteroatoms. The summed E-state index contributed by atoms with van der Waals surface area (Å²) in [7, 11) is 0.0903. The van der Waals surface area contributed by atoms with Gasteiger partial charge in [0.05, 0.1) is 0 Å². The number of carbonyl (C=O) groups excluding carboxylic acids is 1. The SMILES string of the molecule is CN(C)c1nc2cc(NC(=O)C3(S(C)(=O)=O)CCNCC3)ccc2o1. The summed E-state index contributed by atoms with van der Waals surface area (Å²) in [5.74, 6) is -0.493. The molecule has 0 saturated carbocycles. The Morgan fingerprint density at radius 2 is 2.00 bits per heavy atom. The topological polar surface area (TPSA) is 105 Å². The zero-order chi connectivity index (χ0) is 18.2. The highest BCUT2D eigenvalue weighted by Crippen LogP contribution is 2.30. The van der Waals surface area contributed by atoms with Gasteiger partial charge in [0.2, 0.25) is 5.91 Å². The lowest BCUT2D eigenvalue weighted by atomic mass is 9.95. The normalized spacial score (nSPS) is 17.4. The number of benzene rings is 1. The molecule has 1 aromatic heterocycles. The van der Waals surface area contributed by atoms with Crippen LogP contribution >= 0.6 is 0 Å². The van der Waals surface area contributed by atoms with Crippen LogP contribution in [0.4, 0.5) is 11.7 Å². The Kier molecular flexibility index (Phi) is 4.46. The molecular weight excluding hydrogens is 344 g/mol. The summed E-state index contributed by atoms with van der Waals surface area (Å²) in [4.78, 5) is 18.9. The van der Waals surface area contributed by atoms with Gasteiger partial charge in [0.1, 0.15) is 5.52 Å². The molecular formula is C16H22N4O4S. The number of hydrogen-bond donors (Lipinski definition) is 2. The van der Waals surface area contributed by atoms with Gasteiger partial charge in [-0.25, -0.2) is 8.42 Å². The van der Waals surface area contributed by atoms with Gasteiger partial charge in [-0.05, 0) is 44.1 Å². The zero-order valence-electron chi connectivity index (χ0n) is 14.5. The smallest absolute Gasteiger partial charge is 0.297 e. The molecule has 0 radical (unpaired) electrons. The second-order valence-electron chi connectivity index (χ2n) is 6.54. The van der Waals surface area contributed by atoms with Crippen LogP contribution in [-0.2, 0) is 14.6 Å². The first-order chi connectivity index (χ1) is 11.7. The number of piperidine rings is 1. The molecule has 1 amide bonds. The van der Waals surface area contributed by atoms with Crippen LogP contribution in [0.1, 0.15) is 12.8 Å². The monoisotopic (exact) mass is 366 g/mol. The number of carbonyl (C=O) groups is 1. The molecule has 136 valence electrons. The lowest BCUT2D eigenvalue weighted by molar-refractivity contribution is -0.119. The van der Waals surface area contributed by atoms with Gasteiger partial charge in [0.15, 0.2) is 20.2 Å². The third kappa shape index (κ3) is 3.21. The molecule has 0 aliphatic carbocycles. The summed E-state index contributed by atoms with van der Waals surface area (Å²) in [5.41, 5.74) is 1.69. The van der Waals surface area contributed by atoms with Crippen molar-refractivity contribution in [3.05, 3.63) is 18.2 Å². The number of sulfone groups is 1. The van der Waals surface area contributed by atoms with Crippen LogP contribution in [0.25, 0.3) is 11.1 Å². The Morgan fingerprint density at radius 3 is 2.60 bits per heavy atom. The summed E-state index contributed by atoms with van der Waals surface area (Å²) < 4.78 is 28.8. The molecule has 0 atom stereocenters. The first kappa shape index (κ1) is 17.7. The van der Waals surface area contributed by atoms with Crippen LogP contribution in [0.2, 0.25) is 0 Å².